The number of nitrogens with one attached hydrogen (secondary N) is 2. The first kappa shape index (κ1) is 21.9. The zero-order valence-electron chi connectivity index (χ0n) is 18.8. The summed E-state index contributed by atoms with van der Waals surface area (Å²) in [6.45, 7) is 6.47. The van der Waals surface area contributed by atoms with E-state index in [0.29, 0.717) is 31.1 Å². The van der Waals surface area contributed by atoms with E-state index in [1.807, 2.05) is 42.2 Å². The summed E-state index contributed by atoms with van der Waals surface area (Å²) in [4.78, 5) is 32.9. The molecule has 32 heavy (non-hydrogen) atoms. The van der Waals surface area contributed by atoms with Crippen molar-refractivity contribution < 1.29 is 9.59 Å². The van der Waals surface area contributed by atoms with Crippen LogP contribution in [0.3, 0.4) is 0 Å². The van der Waals surface area contributed by atoms with Gasteiger partial charge in [-0.2, -0.15) is 5.10 Å². The SMILES string of the molecule is CCNC(=NCc1ccc(C(=O)N2CCNC(=O)C2)cc1)N1CCC(c2cnn(C)c2)C1. The van der Waals surface area contributed by atoms with Crippen LogP contribution in [0.15, 0.2) is 41.7 Å². The van der Waals surface area contributed by atoms with Crippen molar-refractivity contribution in [1.29, 1.82) is 0 Å². The first-order valence-corrected chi connectivity index (χ1v) is 11.2. The maximum absolute atomic E-state index is 12.6. The first-order valence-electron chi connectivity index (χ1n) is 11.2. The highest BCUT2D eigenvalue weighted by Gasteiger charge is 2.27. The number of rotatable bonds is 5. The van der Waals surface area contributed by atoms with Crippen molar-refractivity contribution in [2.45, 2.75) is 25.8 Å². The van der Waals surface area contributed by atoms with Crippen molar-refractivity contribution in [3.05, 3.63) is 53.3 Å². The van der Waals surface area contributed by atoms with Gasteiger partial charge in [-0.1, -0.05) is 12.1 Å². The van der Waals surface area contributed by atoms with E-state index in [1.165, 1.54) is 5.56 Å². The smallest absolute Gasteiger partial charge is 0.254 e. The van der Waals surface area contributed by atoms with Crippen LogP contribution < -0.4 is 10.6 Å². The van der Waals surface area contributed by atoms with E-state index in [2.05, 4.69) is 33.8 Å². The van der Waals surface area contributed by atoms with Crippen LogP contribution in [0.4, 0.5) is 0 Å². The Morgan fingerprint density at radius 2 is 2.06 bits per heavy atom. The number of hydrogen-bond donors (Lipinski definition) is 2. The normalized spacial score (nSPS) is 19.2. The Morgan fingerprint density at radius 1 is 1.25 bits per heavy atom. The Bertz CT molecular complexity index is 982. The fourth-order valence-electron chi connectivity index (χ4n) is 4.21. The molecule has 2 saturated heterocycles. The third-order valence-corrected chi connectivity index (χ3v) is 5.96. The van der Waals surface area contributed by atoms with Gasteiger partial charge >= 0.3 is 0 Å². The predicted octanol–water partition coefficient (Wildman–Crippen LogP) is 0.947. The summed E-state index contributed by atoms with van der Waals surface area (Å²) in [7, 11) is 1.95. The number of benzene rings is 1. The number of nitrogens with zero attached hydrogens (tertiary/aromatic N) is 5. The number of carbonyl (C=O) groups is 2. The molecule has 0 radical (unpaired) electrons. The van der Waals surface area contributed by atoms with Gasteiger partial charge < -0.3 is 20.4 Å². The van der Waals surface area contributed by atoms with Gasteiger partial charge in [0.2, 0.25) is 5.91 Å². The van der Waals surface area contributed by atoms with Gasteiger partial charge in [0.05, 0.1) is 19.3 Å². The summed E-state index contributed by atoms with van der Waals surface area (Å²) < 4.78 is 1.85. The van der Waals surface area contributed by atoms with Gasteiger partial charge in [-0.3, -0.25) is 14.3 Å². The van der Waals surface area contributed by atoms with E-state index in [9.17, 15) is 9.59 Å². The monoisotopic (exact) mass is 437 g/mol. The van der Waals surface area contributed by atoms with E-state index in [-0.39, 0.29) is 18.4 Å². The van der Waals surface area contributed by atoms with Gasteiger partial charge in [-0.05, 0) is 36.6 Å². The molecule has 2 aliphatic rings. The molecule has 2 N–H and O–H groups in total. The van der Waals surface area contributed by atoms with Crippen molar-refractivity contribution in [3.8, 4) is 0 Å². The molecule has 2 amide bonds. The second kappa shape index (κ2) is 9.84. The molecule has 3 heterocycles. The number of piperazine rings is 1. The fraction of sp³-hybridized carbons (Fsp3) is 0.478. The topological polar surface area (TPSA) is 94.9 Å². The molecule has 1 aromatic carbocycles. The molecule has 0 saturated carbocycles. The zero-order chi connectivity index (χ0) is 22.5. The lowest BCUT2D eigenvalue weighted by Gasteiger charge is -2.26. The summed E-state index contributed by atoms with van der Waals surface area (Å²) >= 11 is 0. The Labute approximate surface area is 188 Å². The number of aromatic nitrogens is 2. The summed E-state index contributed by atoms with van der Waals surface area (Å²) in [6.07, 6.45) is 5.14. The van der Waals surface area contributed by atoms with Crippen molar-refractivity contribution in [2.24, 2.45) is 12.0 Å². The summed E-state index contributed by atoms with van der Waals surface area (Å²) in [6, 6.07) is 7.52. The molecule has 2 fully saturated rings. The van der Waals surface area contributed by atoms with Crippen molar-refractivity contribution in [1.82, 2.24) is 30.2 Å². The molecule has 1 atom stereocenters. The van der Waals surface area contributed by atoms with E-state index in [4.69, 9.17) is 4.99 Å². The Hall–Kier alpha value is -3.36. The third kappa shape index (κ3) is 5.09. The average molecular weight is 438 g/mol. The minimum absolute atomic E-state index is 0.109. The lowest BCUT2D eigenvalue weighted by molar-refractivity contribution is -0.123. The number of carbonyl (C=O) groups excluding carboxylic acids is 2. The maximum atomic E-state index is 12.6. The van der Waals surface area contributed by atoms with E-state index in [0.717, 1.165) is 37.6 Å². The van der Waals surface area contributed by atoms with Gasteiger partial charge in [0.1, 0.15) is 0 Å². The molecule has 2 aromatic rings. The number of aryl methyl sites for hydroxylation is 1. The predicted molar refractivity (Wildman–Crippen MR) is 122 cm³/mol. The van der Waals surface area contributed by atoms with Crippen LogP contribution in [0, 0.1) is 0 Å². The number of aliphatic imine (C=N–C) groups is 1. The van der Waals surface area contributed by atoms with Gasteiger partial charge in [0.15, 0.2) is 5.96 Å². The molecule has 0 bridgehead atoms. The molecule has 1 aromatic heterocycles. The molecule has 9 heteroatoms. The number of amides is 2. The van der Waals surface area contributed by atoms with E-state index < -0.39 is 0 Å². The molecule has 9 nitrogen and oxygen atoms in total. The largest absolute Gasteiger partial charge is 0.357 e. The zero-order valence-corrected chi connectivity index (χ0v) is 18.8. The molecule has 0 aliphatic carbocycles. The van der Waals surface area contributed by atoms with Crippen LogP contribution in [0.1, 0.15) is 40.7 Å². The minimum Gasteiger partial charge on any atom is -0.357 e. The van der Waals surface area contributed by atoms with Crippen molar-refractivity contribution in [3.63, 3.8) is 0 Å². The molecule has 170 valence electrons. The summed E-state index contributed by atoms with van der Waals surface area (Å²) in [5.41, 5.74) is 2.91. The maximum Gasteiger partial charge on any atom is 0.254 e. The third-order valence-electron chi connectivity index (χ3n) is 5.96. The van der Waals surface area contributed by atoms with Crippen LogP contribution in [-0.4, -0.2) is 76.6 Å². The van der Waals surface area contributed by atoms with Crippen LogP contribution in [0.25, 0.3) is 0 Å². The molecule has 0 spiro atoms. The highest BCUT2D eigenvalue weighted by molar-refractivity contribution is 5.97. The van der Waals surface area contributed by atoms with Gasteiger partial charge in [-0.15, -0.1) is 0 Å². The van der Waals surface area contributed by atoms with E-state index >= 15 is 0 Å². The standard InChI is InChI=1S/C23H31N7O2/c1-3-24-23(30-10-8-19(15-30)20-13-27-28(2)14-20)26-12-17-4-6-18(7-5-17)22(32)29-11-9-25-21(31)16-29/h4-7,13-14,19H,3,8-12,15-16H2,1-2H3,(H,24,26)(H,25,31). The van der Waals surface area contributed by atoms with Gasteiger partial charge in [-0.25, -0.2) is 4.99 Å². The Kier molecular flexibility index (Phi) is 6.72. The van der Waals surface area contributed by atoms with Crippen molar-refractivity contribution in [2.75, 3.05) is 39.3 Å². The fourth-order valence-corrected chi connectivity index (χ4v) is 4.21. The average Bonchev–Trinajstić information content (AvgIpc) is 3.46. The Morgan fingerprint density at radius 3 is 2.75 bits per heavy atom. The molecule has 1 unspecified atom stereocenters. The summed E-state index contributed by atoms with van der Waals surface area (Å²) in [5.74, 6) is 1.16. The Balaban J connectivity index is 1.38. The van der Waals surface area contributed by atoms with E-state index in [1.54, 1.807) is 4.90 Å². The highest BCUT2D eigenvalue weighted by Crippen LogP contribution is 2.26. The molecule has 4 rings (SSSR count). The number of hydrogen-bond acceptors (Lipinski definition) is 4. The van der Waals surface area contributed by atoms with Crippen LogP contribution >= 0.6 is 0 Å². The second-order valence-electron chi connectivity index (χ2n) is 8.32. The summed E-state index contributed by atoms with van der Waals surface area (Å²) in [5, 5.41) is 10.4. The minimum atomic E-state index is -0.112. The second-order valence-corrected chi connectivity index (χ2v) is 8.32. The van der Waals surface area contributed by atoms with Crippen LogP contribution in [0.5, 0.6) is 0 Å². The van der Waals surface area contributed by atoms with Crippen LogP contribution in [0.2, 0.25) is 0 Å². The first-order chi connectivity index (χ1) is 15.5. The van der Waals surface area contributed by atoms with Crippen LogP contribution in [-0.2, 0) is 18.4 Å². The van der Waals surface area contributed by atoms with Gasteiger partial charge in [0.25, 0.3) is 5.91 Å². The number of likely N-dealkylation sites (tertiary alicyclic amines) is 1. The molecular formula is C23H31N7O2. The van der Waals surface area contributed by atoms with Crippen molar-refractivity contribution >= 4 is 17.8 Å². The highest BCUT2D eigenvalue weighted by atomic mass is 16.2. The lowest BCUT2D eigenvalue weighted by atomic mass is 10.0. The quantitative estimate of drug-likeness (QED) is 0.537. The van der Waals surface area contributed by atoms with Gasteiger partial charge in [0, 0.05) is 57.4 Å². The molecular weight excluding hydrogens is 406 g/mol. The number of guanidine groups is 1. The molecule has 2 aliphatic heterocycles. The lowest BCUT2D eigenvalue weighted by Crippen LogP contribution is -2.49.